The van der Waals surface area contributed by atoms with Gasteiger partial charge in [-0.05, 0) is 30.5 Å². The second-order valence-electron chi connectivity index (χ2n) is 7.51. The molecule has 1 aliphatic rings. The summed E-state index contributed by atoms with van der Waals surface area (Å²) in [5.74, 6) is 1.01. The van der Waals surface area contributed by atoms with E-state index in [-0.39, 0.29) is 11.3 Å². The Balaban J connectivity index is 1.76. The topological polar surface area (TPSA) is 61.8 Å². The minimum atomic E-state index is -0.537. The fourth-order valence-corrected chi connectivity index (χ4v) is 2.98. The van der Waals surface area contributed by atoms with Crippen molar-refractivity contribution >= 4 is 5.91 Å². The third kappa shape index (κ3) is 4.95. The zero-order valence-electron chi connectivity index (χ0n) is 15.2. The van der Waals surface area contributed by atoms with Crippen LogP contribution in [0.5, 0.6) is 5.75 Å². The van der Waals surface area contributed by atoms with Gasteiger partial charge in [0.1, 0.15) is 5.75 Å². The molecule has 1 atom stereocenters. The predicted molar refractivity (Wildman–Crippen MR) is 95.0 cm³/mol. The van der Waals surface area contributed by atoms with Crippen LogP contribution in [0.4, 0.5) is 0 Å². The van der Waals surface area contributed by atoms with Gasteiger partial charge in [-0.15, -0.1) is 0 Å². The van der Waals surface area contributed by atoms with Crippen LogP contribution in [-0.4, -0.2) is 48.7 Å². The first kappa shape index (κ1) is 18.7. The number of nitrogens with one attached hydrogen (secondary N) is 1. The van der Waals surface area contributed by atoms with E-state index in [9.17, 15) is 9.90 Å². The van der Waals surface area contributed by atoms with E-state index in [0.717, 1.165) is 37.2 Å². The molecule has 24 heavy (non-hydrogen) atoms. The number of carbonyl (C=O) groups is 1. The molecule has 0 spiro atoms. The van der Waals surface area contributed by atoms with Gasteiger partial charge in [-0.2, -0.15) is 0 Å². The fourth-order valence-electron chi connectivity index (χ4n) is 2.98. The first-order chi connectivity index (χ1) is 11.3. The van der Waals surface area contributed by atoms with Gasteiger partial charge in [0, 0.05) is 31.1 Å². The number of aliphatic hydroxyl groups is 1. The Morgan fingerprint density at radius 2 is 1.88 bits per heavy atom. The van der Waals surface area contributed by atoms with Crippen molar-refractivity contribution in [2.45, 2.75) is 45.8 Å². The number of benzene rings is 1. The minimum Gasteiger partial charge on any atom is -0.497 e. The van der Waals surface area contributed by atoms with E-state index in [1.807, 2.05) is 49.9 Å². The molecule has 1 saturated heterocycles. The van der Waals surface area contributed by atoms with Crippen molar-refractivity contribution in [1.29, 1.82) is 0 Å². The van der Waals surface area contributed by atoms with Crippen molar-refractivity contribution in [3.63, 3.8) is 0 Å². The van der Waals surface area contributed by atoms with Crippen molar-refractivity contribution in [2.75, 3.05) is 26.7 Å². The van der Waals surface area contributed by atoms with Crippen LogP contribution in [0, 0.1) is 5.41 Å². The minimum absolute atomic E-state index is 0.221. The van der Waals surface area contributed by atoms with Crippen molar-refractivity contribution in [3.8, 4) is 5.75 Å². The second-order valence-corrected chi connectivity index (χ2v) is 7.51. The Kier molecular flexibility index (Phi) is 6.24. The van der Waals surface area contributed by atoms with Gasteiger partial charge < -0.3 is 20.1 Å². The van der Waals surface area contributed by atoms with E-state index in [0.29, 0.717) is 12.6 Å². The second kappa shape index (κ2) is 7.99. The SMILES string of the molecule is COc1ccc(C(O)CNC2CCN(C(=O)C(C)(C)C)CC2)cc1. The van der Waals surface area contributed by atoms with Gasteiger partial charge in [0.2, 0.25) is 5.91 Å². The zero-order chi connectivity index (χ0) is 17.7. The van der Waals surface area contributed by atoms with Crippen LogP contribution >= 0.6 is 0 Å². The number of rotatable bonds is 5. The Morgan fingerprint density at radius 1 is 1.29 bits per heavy atom. The van der Waals surface area contributed by atoms with Crippen LogP contribution in [0.25, 0.3) is 0 Å². The molecule has 0 aromatic heterocycles. The Bertz CT molecular complexity index is 529. The van der Waals surface area contributed by atoms with E-state index in [4.69, 9.17) is 4.74 Å². The lowest BCUT2D eigenvalue weighted by molar-refractivity contribution is -0.140. The number of nitrogens with zero attached hydrogens (tertiary/aromatic N) is 1. The molecule has 1 unspecified atom stereocenters. The van der Waals surface area contributed by atoms with E-state index in [2.05, 4.69) is 5.32 Å². The van der Waals surface area contributed by atoms with Crippen molar-refractivity contribution in [1.82, 2.24) is 10.2 Å². The highest BCUT2D eigenvalue weighted by Gasteiger charge is 2.30. The zero-order valence-corrected chi connectivity index (χ0v) is 15.2. The Hall–Kier alpha value is -1.59. The molecular formula is C19H30N2O3. The lowest BCUT2D eigenvalue weighted by Gasteiger charge is -2.36. The molecule has 1 fully saturated rings. The standard InChI is InChI=1S/C19H30N2O3/c1-19(2,3)18(23)21-11-9-15(10-12-21)20-13-17(22)14-5-7-16(24-4)8-6-14/h5-8,15,17,20,22H,9-13H2,1-4H3. The van der Waals surface area contributed by atoms with Crippen LogP contribution in [0.3, 0.4) is 0 Å². The molecule has 5 nitrogen and oxygen atoms in total. The van der Waals surface area contributed by atoms with Gasteiger partial charge in [0.15, 0.2) is 0 Å². The van der Waals surface area contributed by atoms with Crippen LogP contribution in [0.15, 0.2) is 24.3 Å². The van der Waals surface area contributed by atoms with Crippen molar-refractivity contribution in [3.05, 3.63) is 29.8 Å². The molecule has 1 aromatic rings. The highest BCUT2D eigenvalue weighted by molar-refractivity contribution is 5.81. The molecule has 134 valence electrons. The first-order valence-corrected chi connectivity index (χ1v) is 8.66. The highest BCUT2D eigenvalue weighted by atomic mass is 16.5. The molecule has 1 heterocycles. The largest absolute Gasteiger partial charge is 0.497 e. The third-order valence-electron chi connectivity index (χ3n) is 4.52. The quantitative estimate of drug-likeness (QED) is 0.868. The van der Waals surface area contributed by atoms with Gasteiger partial charge in [-0.1, -0.05) is 32.9 Å². The Morgan fingerprint density at radius 3 is 2.38 bits per heavy atom. The molecule has 2 N–H and O–H groups in total. The van der Waals surface area contributed by atoms with Crippen molar-refractivity contribution in [2.24, 2.45) is 5.41 Å². The Labute approximate surface area is 145 Å². The fraction of sp³-hybridized carbons (Fsp3) is 0.632. The van der Waals surface area contributed by atoms with E-state index < -0.39 is 6.10 Å². The summed E-state index contributed by atoms with van der Waals surface area (Å²) in [6.45, 7) is 7.98. The smallest absolute Gasteiger partial charge is 0.227 e. The molecule has 5 heteroatoms. The molecule has 2 rings (SSSR count). The summed E-state index contributed by atoms with van der Waals surface area (Å²) < 4.78 is 5.13. The molecule has 0 saturated carbocycles. The average Bonchev–Trinajstić information content (AvgIpc) is 2.58. The van der Waals surface area contributed by atoms with E-state index >= 15 is 0 Å². The van der Waals surface area contributed by atoms with Crippen LogP contribution in [0.1, 0.15) is 45.3 Å². The maximum atomic E-state index is 12.3. The summed E-state index contributed by atoms with van der Waals surface area (Å²) in [7, 11) is 1.63. The number of piperidine rings is 1. The first-order valence-electron chi connectivity index (χ1n) is 8.66. The highest BCUT2D eigenvalue weighted by Crippen LogP contribution is 2.22. The van der Waals surface area contributed by atoms with Crippen LogP contribution in [-0.2, 0) is 4.79 Å². The van der Waals surface area contributed by atoms with Gasteiger partial charge in [0.05, 0.1) is 13.2 Å². The number of amides is 1. The maximum absolute atomic E-state index is 12.3. The summed E-state index contributed by atoms with van der Waals surface area (Å²) in [5.41, 5.74) is 0.564. The lowest BCUT2D eigenvalue weighted by Crippen LogP contribution is -2.48. The normalized spacial score (nSPS) is 17.6. The summed E-state index contributed by atoms with van der Waals surface area (Å²) >= 11 is 0. The van der Waals surface area contributed by atoms with E-state index in [1.54, 1.807) is 7.11 Å². The number of likely N-dealkylation sites (tertiary alicyclic amines) is 1. The summed E-state index contributed by atoms with van der Waals surface area (Å²) in [6.07, 6.45) is 1.32. The molecule has 0 bridgehead atoms. The maximum Gasteiger partial charge on any atom is 0.227 e. The van der Waals surface area contributed by atoms with Crippen molar-refractivity contribution < 1.29 is 14.6 Å². The van der Waals surface area contributed by atoms with Gasteiger partial charge in [-0.3, -0.25) is 4.79 Å². The molecular weight excluding hydrogens is 304 g/mol. The number of hydrogen-bond acceptors (Lipinski definition) is 4. The number of carbonyl (C=O) groups excluding carboxylic acids is 1. The molecule has 1 aromatic carbocycles. The van der Waals surface area contributed by atoms with Gasteiger partial charge in [0.25, 0.3) is 0 Å². The van der Waals surface area contributed by atoms with E-state index in [1.165, 1.54) is 0 Å². The number of ether oxygens (including phenoxy) is 1. The average molecular weight is 334 g/mol. The molecule has 1 amide bonds. The third-order valence-corrected chi connectivity index (χ3v) is 4.52. The van der Waals surface area contributed by atoms with Crippen LogP contribution in [0.2, 0.25) is 0 Å². The molecule has 0 radical (unpaired) electrons. The van der Waals surface area contributed by atoms with Crippen LogP contribution < -0.4 is 10.1 Å². The number of aliphatic hydroxyl groups excluding tert-OH is 1. The predicted octanol–water partition coefficient (Wildman–Crippen LogP) is 2.36. The summed E-state index contributed by atoms with van der Waals surface area (Å²) in [6, 6.07) is 7.83. The van der Waals surface area contributed by atoms with Gasteiger partial charge in [-0.25, -0.2) is 0 Å². The lowest BCUT2D eigenvalue weighted by atomic mass is 9.93. The monoisotopic (exact) mass is 334 g/mol. The summed E-state index contributed by atoms with van der Waals surface area (Å²) in [4.78, 5) is 14.2. The summed E-state index contributed by atoms with van der Waals surface area (Å²) in [5, 5.41) is 13.7. The number of methoxy groups -OCH3 is 1. The molecule has 1 aliphatic heterocycles. The molecule has 0 aliphatic carbocycles. The number of hydrogen-bond donors (Lipinski definition) is 2. The van der Waals surface area contributed by atoms with Gasteiger partial charge >= 0.3 is 0 Å².